The first-order chi connectivity index (χ1) is 25.4. The fraction of sp³-hybridized carbons (Fsp3) is 0.605. The molecule has 296 valence electrons. The van der Waals surface area contributed by atoms with Crippen LogP contribution in [0.25, 0.3) is 0 Å². The number of phosphoric acid groups is 1. The zero-order chi connectivity index (χ0) is 38.1. The Kier molecular flexibility index (Phi) is 37.7. The highest BCUT2D eigenvalue weighted by molar-refractivity contribution is 7.47. The van der Waals surface area contributed by atoms with Crippen LogP contribution in [0.3, 0.4) is 0 Å². The summed E-state index contributed by atoms with van der Waals surface area (Å²) < 4.78 is 33.2. The third-order valence-corrected chi connectivity index (χ3v) is 8.48. The lowest BCUT2D eigenvalue weighted by Gasteiger charge is -2.20. The summed E-state index contributed by atoms with van der Waals surface area (Å²) in [5.74, 6) is -0.369. The molecule has 0 fully saturated rings. The quantitative estimate of drug-likeness (QED) is 0.0282. The summed E-state index contributed by atoms with van der Waals surface area (Å²) in [6.07, 6.45) is 51.5. The SMILES string of the molecule is CC/C=C\C/C=C\C/C=C\C/C=C\CCCCCCCCC(=O)OC(COCCC/C=C\C/C=C\C/C=C\C/C=C\CC)COP(=O)(O)OCCN. The molecule has 2 unspecified atom stereocenters. The van der Waals surface area contributed by atoms with Crippen LogP contribution >= 0.6 is 7.82 Å². The maximum Gasteiger partial charge on any atom is 0.472 e. The van der Waals surface area contributed by atoms with E-state index in [1.807, 2.05) is 0 Å². The van der Waals surface area contributed by atoms with E-state index in [4.69, 9.17) is 24.3 Å². The van der Waals surface area contributed by atoms with E-state index in [0.717, 1.165) is 96.3 Å². The van der Waals surface area contributed by atoms with Gasteiger partial charge in [0.15, 0.2) is 0 Å². The summed E-state index contributed by atoms with van der Waals surface area (Å²) in [5.41, 5.74) is 5.35. The molecule has 3 N–H and O–H groups in total. The smallest absolute Gasteiger partial charge is 0.457 e. The van der Waals surface area contributed by atoms with Gasteiger partial charge in [0.25, 0.3) is 0 Å². The first-order valence-corrected chi connectivity index (χ1v) is 21.2. The number of phosphoric ester groups is 1. The molecule has 8 nitrogen and oxygen atoms in total. The van der Waals surface area contributed by atoms with Gasteiger partial charge in [0, 0.05) is 19.6 Å². The molecule has 0 amide bonds. The van der Waals surface area contributed by atoms with Crippen LogP contribution in [0.5, 0.6) is 0 Å². The van der Waals surface area contributed by atoms with Gasteiger partial charge in [0.1, 0.15) is 6.10 Å². The number of hydrogen-bond acceptors (Lipinski definition) is 7. The van der Waals surface area contributed by atoms with E-state index >= 15 is 0 Å². The van der Waals surface area contributed by atoms with E-state index < -0.39 is 13.9 Å². The number of nitrogens with two attached hydrogens (primary N) is 1. The predicted octanol–water partition coefficient (Wildman–Crippen LogP) is 11.5. The minimum Gasteiger partial charge on any atom is -0.457 e. The summed E-state index contributed by atoms with van der Waals surface area (Å²) in [6, 6.07) is 0. The topological polar surface area (TPSA) is 117 Å². The van der Waals surface area contributed by atoms with Crippen molar-refractivity contribution in [2.45, 2.75) is 136 Å². The number of rotatable bonds is 36. The highest BCUT2D eigenvalue weighted by atomic mass is 31.2. The summed E-state index contributed by atoms with van der Waals surface area (Å²) in [7, 11) is -4.30. The van der Waals surface area contributed by atoms with Crippen molar-refractivity contribution in [2.75, 3.05) is 33.0 Å². The van der Waals surface area contributed by atoms with Crippen molar-refractivity contribution in [3.05, 3.63) is 97.2 Å². The fourth-order valence-corrected chi connectivity index (χ4v) is 5.46. The van der Waals surface area contributed by atoms with Crippen LogP contribution in [-0.4, -0.2) is 49.9 Å². The van der Waals surface area contributed by atoms with Gasteiger partial charge in [-0.1, -0.05) is 137 Å². The maximum absolute atomic E-state index is 12.6. The van der Waals surface area contributed by atoms with E-state index in [1.54, 1.807) is 0 Å². The van der Waals surface area contributed by atoms with Gasteiger partial charge < -0.3 is 20.1 Å². The summed E-state index contributed by atoms with van der Waals surface area (Å²) in [4.78, 5) is 22.4. The molecule has 0 saturated heterocycles. The second kappa shape index (κ2) is 39.6. The number of carbonyl (C=O) groups is 1. The van der Waals surface area contributed by atoms with Crippen molar-refractivity contribution < 1.29 is 32.8 Å². The number of carbonyl (C=O) groups excluding carboxylic acids is 1. The molecule has 2 atom stereocenters. The molecule has 0 aromatic carbocycles. The molecule has 0 spiro atoms. The maximum atomic E-state index is 12.6. The third-order valence-electron chi connectivity index (χ3n) is 7.50. The molecule has 0 radical (unpaired) electrons. The van der Waals surface area contributed by atoms with Crippen LogP contribution in [0.4, 0.5) is 0 Å². The lowest BCUT2D eigenvalue weighted by atomic mass is 10.1. The average Bonchev–Trinajstić information content (AvgIpc) is 3.13. The zero-order valence-electron chi connectivity index (χ0n) is 32.5. The van der Waals surface area contributed by atoms with Crippen LogP contribution < -0.4 is 5.73 Å². The molecular weight excluding hydrogens is 673 g/mol. The van der Waals surface area contributed by atoms with Crippen molar-refractivity contribution in [1.29, 1.82) is 0 Å². The van der Waals surface area contributed by atoms with Crippen LogP contribution in [0.2, 0.25) is 0 Å². The van der Waals surface area contributed by atoms with E-state index in [9.17, 15) is 14.3 Å². The molecule has 0 aromatic rings. The van der Waals surface area contributed by atoms with Crippen molar-refractivity contribution in [1.82, 2.24) is 0 Å². The summed E-state index contributed by atoms with van der Waals surface area (Å²) in [6.45, 7) is 4.48. The summed E-state index contributed by atoms with van der Waals surface area (Å²) in [5, 5.41) is 0. The van der Waals surface area contributed by atoms with Crippen molar-refractivity contribution in [3.8, 4) is 0 Å². The number of allylic oxidation sites excluding steroid dienone is 16. The minimum absolute atomic E-state index is 0.0656. The Balaban J connectivity index is 4.21. The van der Waals surface area contributed by atoms with Crippen molar-refractivity contribution >= 4 is 13.8 Å². The normalized spacial score (nSPS) is 14.6. The van der Waals surface area contributed by atoms with Gasteiger partial charge in [-0.15, -0.1) is 0 Å². The molecule has 0 heterocycles. The van der Waals surface area contributed by atoms with E-state index in [1.165, 1.54) is 12.8 Å². The van der Waals surface area contributed by atoms with E-state index in [2.05, 4.69) is 111 Å². The Morgan fingerprint density at radius 2 is 1.02 bits per heavy atom. The van der Waals surface area contributed by atoms with Gasteiger partial charge >= 0.3 is 13.8 Å². The second-order valence-electron chi connectivity index (χ2n) is 12.4. The molecule has 0 saturated carbocycles. The monoisotopic (exact) mass is 746 g/mol. The van der Waals surface area contributed by atoms with Crippen LogP contribution in [-0.2, 0) is 27.9 Å². The fourth-order valence-electron chi connectivity index (χ4n) is 4.70. The number of unbranched alkanes of at least 4 members (excludes halogenated alkanes) is 7. The molecule has 0 bridgehead atoms. The summed E-state index contributed by atoms with van der Waals surface area (Å²) >= 11 is 0. The average molecular weight is 746 g/mol. The lowest BCUT2D eigenvalue weighted by Crippen LogP contribution is -2.28. The Hall–Kier alpha value is -2.58. The molecular formula is C43H72NO7P. The minimum atomic E-state index is -4.30. The van der Waals surface area contributed by atoms with Gasteiger partial charge in [0.05, 0.1) is 19.8 Å². The molecule has 0 aromatic heterocycles. The molecule has 0 aliphatic carbocycles. The number of ether oxygens (including phenoxy) is 2. The highest BCUT2D eigenvalue weighted by Crippen LogP contribution is 2.43. The third kappa shape index (κ3) is 38.6. The first-order valence-electron chi connectivity index (χ1n) is 19.7. The first kappa shape index (κ1) is 49.4. The van der Waals surface area contributed by atoms with E-state index in [-0.39, 0.29) is 38.8 Å². The van der Waals surface area contributed by atoms with Crippen molar-refractivity contribution in [2.24, 2.45) is 5.73 Å². The Labute approximate surface area is 317 Å². The van der Waals surface area contributed by atoms with Gasteiger partial charge in [-0.25, -0.2) is 4.57 Å². The van der Waals surface area contributed by atoms with E-state index in [0.29, 0.717) is 6.61 Å². The van der Waals surface area contributed by atoms with Crippen LogP contribution in [0.15, 0.2) is 97.2 Å². The molecule has 0 aliphatic rings. The largest absolute Gasteiger partial charge is 0.472 e. The standard InChI is InChI=1S/C43H72NO7P/c1-3-5-7-9-11-13-15-17-19-20-21-22-23-24-26-28-30-32-34-36-43(45)51-42(41-50-52(46,47)49-39-37-44)40-48-38-35-33-31-29-27-25-18-16-14-12-10-8-6-4-2/h5-8,11-14,17-19,21-22,25,29,31,42H,3-4,9-10,15-16,20,23-24,26-28,30,32-41,44H2,1-2H3,(H,46,47)/b7-5-,8-6-,13-11-,14-12-,19-17-,22-21-,25-18-,31-29-. The number of esters is 1. The van der Waals surface area contributed by atoms with Gasteiger partial charge in [0.2, 0.25) is 0 Å². The lowest BCUT2D eigenvalue weighted by molar-refractivity contribution is -0.154. The van der Waals surface area contributed by atoms with Crippen LogP contribution in [0, 0.1) is 0 Å². The molecule has 0 aliphatic heterocycles. The molecule has 52 heavy (non-hydrogen) atoms. The Morgan fingerprint density at radius 3 is 1.52 bits per heavy atom. The zero-order valence-corrected chi connectivity index (χ0v) is 33.4. The Morgan fingerprint density at radius 1 is 0.577 bits per heavy atom. The predicted molar refractivity (Wildman–Crippen MR) is 219 cm³/mol. The number of hydrogen-bond donors (Lipinski definition) is 2. The van der Waals surface area contributed by atoms with Gasteiger partial charge in [-0.3, -0.25) is 13.8 Å². The van der Waals surface area contributed by atoms with Gasteiger partial charge in [-0.05, 0) is 83.5 Å². The van der Waals surface area contributed by atoms with Gasteiger partial charge in [-0.2, -0.15) is 0 Å². The highest BCUT2D eigenvalue weighted by Gasteiger charge is 2.25. The molecule has 9 heteroatoms. The molecule has 0 rings (SSSR count). The Bertz CT molecular complexity index is 1110. The second-order valence-corrected chi connectivity index (χ2v) is 13.8. The van der Waals surface area contributed by atoms with Crippen molar-refractivity contribution in [3.63, 3.8) is 0 Å². The van der Waals surface area contributed by atoms with Crippen LogP contribution in [0.1, 0.15) is 129 Å².